The quantitative estimate of drug-likeness (QED) is 0.558. The van der Waals surface area contributed by atoms with Gasteiger partial charge in [-0.25, -0.2) is 0 Å². The molecule has 0 saturated carbocycles. The lowest BCUT2D eigenvalue weighted by molar-refractivity contribution is 0.261. The van der Waals surface area contributed by atoms with Crippen LogP contribution in [0.1, 0.15) is 20.8 Å². The van der Waals surface area contributed by atoms with Crippen LogP contribution in [0.5, 0.6) is 0 Å². The first-order valence-electron chi connectivity index (χ1n) is 3.02. The summed E-state index contributed by atoms with van der Waals surface area (Å²) in [7, 11) is 0. The molecule has 52 valence electrons. The zero-order chi connectivity index (χ0) is 7.28. The Morgan fingerprint density at radius 3 is 2.56 bits per heavy atom. The molecule has 0 radical (unpaired) electrons. The van der Waals surface area contributed by atoms with Gasteiger partial charge < -0.3 is 5.11 Å². The monoisotopic (exact) mass is 127 g/mol. The van der Waals surface area contributed by atoms with E-state index in [0.717, 1.165) is 5.71 Å². The average Bonchev–Trinajstić information content (AvgIpc) is 1.82. The van der Waals surface area contributed by atoms with Gasteiger partial charge in [0.2, 0.25) is 0 Å². The summed E-state index contributed by atoms with van der Waals surface area (Å²) in [5.74, 6) is 0. The largest absolute Gasteiger partial charge is 0.387 e. The number of nitrogens with zero attached hydrogens (tertiary/aromatic N) is 1. The van der Waals surface area contributed by atoms with Crippen molar-refractivity contribution in [1.29, 1.82) is 0 Å². The van der Waals surface area contributed by atoms with Gasteiger partial charge in [-0.1, -0.05) is 6.08 Å². The highest BCUT2D eigenvalue weighted by molar-refractivity contribution is 5.86. The molecular weight excluding hydrogens is 114 g/mol. The van der Waals surface area contributed by atoms with E-state index in [0.29, 0.717) is 0 Å². The fourth-order valence-electron chi connectivity index (χ4n) is 0.300. The number of hydrogen-bond acceptors (Lipinski definition) is 2. The van der Waals surface area contributed by atoms with Crippen LogP contribution in [0, 0.1) is 0 Å². The van der Waals surface area contributed by atoms with Gasteiger partial charge in [-0.15, -0.1) is 0 Å². The Morgan fingerprint density at radius 2 is 2.22 bits per heavy atom. The summed E-state index contributed by atoms with van der Waals surface area (Å²) >= 11 is 0. The number of hydrogen-bond donors (Lipinski definition) is 1. The molecule has 2 nitrogen and oxygen atoms in total. The van der Waals surface area contributed by atoms with Crippen LogP contribution in [-0.4, -0.2) is 16.9 Å². The van der Waals surface area contributed by atoms with Crippen molar-refractivity contribution in [2.45, 2.75) is 26.9 Å². The Morgan fingerprint density at radius 1 is 1.67 bits per heavy atom. The predicted octanol–water partition coefficient (Wildman–Crippen LogP) is 1.36. The van der Waals surface area contributed by atoms with E-state index in [2.05, 4.69) is 4.99 Å². The molecule has 0 aliphatic carbocycles. The molecular formula is C7H13NO. The molecule has 0 heterocycles. The minimum atomic E-state index is -0.429. The van der Waals surface area contributed by atoms with E-state index in [4.69, 9.17) is 5.11 Å². The van der Waals surface area contributed by atoms with Gasteiger partial charge in [-0.3, -0.25) is 4.99 Å². The lowest BCUT2D eigenvalue weighted by Crippen LogP contribution is -2.11. The summed E-state index contributed by atoms with van der Waals surface area (Å²) in [5, 5.41) is 8.88. The molecule has 0 rings (SSSR count). The molecule has 0 amide bonds. The van der Waals surface area contributed by atoms with Crippen molar-refractivity contribution in [2.75, 3.05) is 0 Å². The molecule has 1 N–H and O–H groups in total. The second kappa shape index (κ2) is 4.27. The Kier molecular flexibility index (Phi) is 3.97. The molecule has 2 heteroatoms. The Labute approximate surface area is 55.9 Å². The molecule has 9 heavy (non-hydrogen) atoms. The van der Waals surface area contributed by atoms with Crippen LogP contribution in [-0.2, 0) is 0 Å². The molecule has 0 bridgehead atoms. The van der Waals surface area contributed by atoms with Gasteiger partial charge in [0.25, 0.3) is 0 Å². The first-order chi connectivity index (χ1) is 4.18. The van der Waals surface area contributed by atoms with E-state index in [1.165, 1.54) is 0 Å². The first kappa shape index (κ1) is 8.37. The molecule has 0 aromatic rings. The van der Waals surface area contributed by atoms with E-state index in [1.54, 1.807) is 20.0 Å². The zero-order valence-electron chi connectivity index (χ0n) is 6.13. The second-order valence-electron chi connectivity index (χ2n) is 1.93. The van der Waals surface area contributed by atoms with Crippen LogP contribution in [0.25, 0.3) is 0 Å². The average molecular weight is 127 g/mol. The smallest absolute Gasteiger partial charge is 0.0890 e. The summed E-state index contributed by atoms with van der Waals surface area (Å²) in [6.07, 6.45) is 3.06. The highest BCUT2D eigenvalue weighted by Gasteiger charge is 1.95. The maximum absolute atomic E-state index is 8.88. The van der Waals surface area contributed by atoms with Gasteiger partial charge in [0.15, 0.2) is 0 Å². The van der Waals surface area contributed by atoms with E-state index in [9.17, 15) is 0 Å². The summed E-state index contributed by atoms with van der Waals surface area (Å²) in [6.45, 7) is 5.38. The fraction of sp³-hybridized carbons (Fsp3) is 0.571. The summed E-state index contributed by atoms with van der Waals surface area (Å²) < 4.78 is 0. The highest BCUT2D eigenvalue weighted by Crippen LogP contribution is 1.86. The van der Waals surface area contributed by atoms with Crippen molar-refractivity contribution >= 4 is 5.71 Å². The highest BCUT2D eigenvalue weighted by atomic mass is 16.3. The second-order valence-corrected chi connectivity index (χ2v) is 1.93. The van der Waals surface area contributed by atoms with Crippen LogP contribution in [0.4, 0.5) is 0 Å². The number of aliphatic imine (C=N–C) groups is 1. The molecule has 1 atom stereocenters. The molecule has 0 aromatic carbocycles. The fourth-order valence-corrected chi connectivity index (χ4v) is 0.300. The topological polar surface area (TPSA) is 32.6 Å². The third kappa shape index (κ3) is 3.91. The number of allylic oxidation sites excluding steroid dienone is 1. The molecule has 0 spiro atoms. The van der Waals surface area contributed by atoms with E-state index < -0.39 is 6.10 Å². The van der Waals surface area contributed by atoms with Crippen LogP contribution in [0.3, 0.4) is 0 Å². The normalized spacial score (nSPS) is 16.7. The number of aliphatic hydroxyl groups excluding tert-OH is 1. The van der Waals surface area contributed by atoms with E-state index >= 15 is 0 Å². The van der Waals surface area contributed by atoms with Gasteiger partial charge >= 0.3 is 0 Å². The first-order valence-corrected chi connectivity index (χ1v) is 3.02. The standard InChI is InChI=1S/C7H13NO/c1-4-5-8-6(2)7(3)9/h4-5,7,9H,1-3H3/b5-4-,8-6?. The van der Waals surface area contributed by atoms with Crippen LogP contribution in [0.15, 0.2) is 17.3 Å². The summed E-state index contributed by atoms with van der Waals surface area (Å²) in [5.41, 5.74) is 0.744. The van der Waals surface area contributed by atoms with Crippen molar-refractivity contribution < 1.29 is 5.11 Å². The Balaban J connectivity index is 3.84. The molecule has 0 saturated heterocycles. The van der Waals surface area contributed by atoms with Crippen molar-refractivity contribution in [3.05, 3.63) is 12.3 Å². The van der Waals surface area contributed by atoms with Gasteiger partial charge in [0.05, 0.1) is 6.10 Å². The van der Waals surface area contributed by atoms with Crippen LogP contribution >= 0.6 is 0 Å². The SMILES string of the molecule is C/C=C\N=C(C)C(C)O. The number of rotatable bonds is 2. The maximum atomic E-state index is 8.88. The van der Waals surface area contributed by atoms with Crippen molar-refractivity contribution in [3.8, 4) is 0 Å². The minimum absolute atomic E-state index is 0.429. The van der Waals surface area contributed by atoms with Crippen molar-refractivity contribution in [3.63, 3.8) is 0 Å². The Bertz CT molecular complexity index is 125. The Hall–Kier alpha value is -0.630. The molecule has 0 aromatic heterocycles. The molecule has 0 aliphatic heterocycles. The number of aliphatic hydroxyl groups is 1. The third-order valence-corrected chi connectivity index (χ3v) is 1.03. The van der Waals surface area contributed by atoms with E-state index in [-0.39, 0.29) is 0 Å². The van der Waals surface area contributed by atoms with Gasteiger partial charge in [0.1, 0.15) is 0 Å². The summed E-state index contributed by atoms with van der Waals surface area (Å²) in [4.78, 5) is 3.93. The lowest BCUT2D eigenvalue weighted by Gasteiger charge is -1.98. The van der Waals surface area contributed by atoms with Crippen molar-refractivity contribution in [2.24, 2.45) is 4.99 Å². The van der Waals surface area contributed by atoms with Crippen LogP contribution in [0.2, 0.25) is 0 Å². The maximum Gasteiger partial charge on any atom is 0.0890 e. The molecule has 1 unspecified atom stereocenters. The van der Waals surface area contributed by atoms with Gasteiger partial charge in [-0.05, 0) is 20.8 Å². The third-order valence-electron chi connectivity index (χ3n) is 1.03. The lowest BCUT2D eigenvalue weighted by atomic mass is 10.3. The minimum Gasteiger partial charge on any atom is -0.387 e. The summed E-state index contributed by atoms with van der Waals surface area (Å²) in [6, 6.07) is 0. The zero-order valence-corrected chi connectivity index (χ0v) is 6.13. The van der Waals surface area contributed by atoms with Crippen molar-refractivity contribution in [1.82, 2.24) is 0 Å². The van der Waals surface area contributed by atoms with Gasteiger partial charge in [-0.2, -0.15) is 0 Å². The predicted molar refractivity (Wildman–Crippen MR) is 39.6 cm³/mol. The van der Waals surface area contributed by atoms with Gasteiger partial charge in [0, 0.05) is 11.9 Å². The molecule has 0 fully saturated rings. The van der Waals surface area contributed by atoms with E-state index in [1.807, 2.05) is 13.0 Å². The van der Waals surface area contributed by atoms with Crippen LogP contribution < -0.4 is 0 Å². The molecule has 0 aliphatic rings.